The molecule has 0 saturated carbocycles. The van der Waals surface area contributed by atoms with Crippen LogP contribution in [-0.2, 0) is 38.4 Å². The summed E-state index contributed by atoms with van der Waals surface area (Å²) in [7, 11) is 0. The van der Waals surface area contributed by atoms with Crippen molar-refractivity contribution in [1.29, 1.82) is 0 Å². The zero-order chi connectivity index (χ0) is 52.8. The number of carbonyl (C=O) groups is 8. The Labute approximate surface area is 409 Å². The monoisotopic (exact) mass is 1020 g/mol. The maximum absolute atomic E-state index is 13.4. The maximum atomic E-state index is 13.4. The number of barbiturate groups is 2. The maximum Gasteiger partial charge on any atom is 0.422 e. The van der Waals surface area contributed by atoms with E-state index in [1.54, 1.807) is 36.4 Å². The van der Waals surface area contributed by atoms with Gasteiger partial charge in [-0.15, -0.1) is 0 Å². The van der Waals surface area contributed by atoms with Gasteiger partial charge in [0.1, 0.15) is 22.3 Å². The fraction of sp³-hybridized carbons (Fsp3) is 0.522. The van der Waals surface area contributed by atoms with Crippen molar-refractivity contribution in [2.45, 2.75) is 52.9 Å². The number of benzene rings is 2. The van der Waals surface area contributed by atoms with Crippen LogP contribution >= 0.6 is 0 Å². The Morgan fingerprint density at radius 2 is 0.847 bits per heavy atom. The van der Waals surface area contributed by atoms with Crippen LogP contribution < -0.4 is 19.3 Å². The van der Waals surface area contributed by atoms with Crippen molar-refractivity contribution in [2.75, 3.05) is 102 Å². The molecule has 0 atom stereocenters. The molecule has 0 aliphatic carbocycles. The fourth-order valence-corrected chi connectivity index (χ4v) is 8.19. The summed E-state index contributed by atoms with van der Waals surface area (Å²) < 4.78 is 86.9. The van der Waals surface area contributed by atoms with Crippen LogP contribution in [0.4, 0.5) is 47.3 Å². The molecule has 2 aromatic carbocycles. The fourth-order valence-electron chi connectivity index (χ4n) is 8.19. The van der Waals surface area contributed by atoms with Gasteiger partial charge in [-0.2, -0.15) is 26.3 Å². The molecular formula is C46H54F6N8O12. The van der Waals surface area contributed by atoms with Crippen molar-refractivity contribution in [1.82, 2.24) is 29.7 Å². The molecule has 0 unspecified atom stereocenters. The second-order valence-corrected chi connectivity index (χ2v) is 18.2. The lowest BCUT2D eigenvalue weighted by molar-refractivity contribution is -0.197. The van der Waals surface area contributed by atoms with Crippen LogP contribution in [0.2, 0.25) is 0 Å². The number of urea groups is 2. The van der Waals surface area contributed by atoms with Crippen molar-refractivity contribution < 1.29 is 83.8 Å². The van der Waals surface area contributed by atoms with Gasteiger partial charge >= 0.3 is 36.4 Å². The third-order valence-electron chi connectivity index (χ3n) is 12.2. The molecule has 0 N–H and O–H groups in total. The molecule has 2 aromatic rings. The minimum atomic E-state index is -4.51. The van der Waals surface area contributed by atoms with E-state index in [0.717, 1.165) is 9.80 Å². The van der Waals surface area contributed by atoms with Gasteiger partial charge in [0.15, 0.2) is 13.2 Å². The van der Waals surface area contributed by atoms with Gasteiger partial charge < -0.3 is 28.9 Å². The zero-order valence-corrected chi connectivity index (χ0v) is 39.8. The van der Waals surface area contributed by atoms with Crippen LogP contribution in [0.5, 0.6) is 11.5 Å². The third kappa shape index (κ3) is 13.1. The first-order valence-electron chi connectivity index (χ1n) is 22.8. The number of carbonyl (C=O) groups excluding carboxylic acids is 8. The van der Waals surface area contributed by atoms with E-state index in [-0.39, 0.29) is 47.6 Å². The minimum absolute atomic E-state index is 0.0803. The molecule has 4 aliphatic heterocycles. The number of halogens is 6. The van der Waals surface area contributed by atoms with E-state index < -0.39 is 84.0 Å². The second kappa shape index (κ2) is 22.2. The standard InChI is InChI=1S/C46H54F6N8O12/c1-43(2)37(63)57(19-9-17-53-21-25-55(26-22-53)31-11-5-7-13-33(31)69-29-45(47,48)49)41(67)59(39(43)65)71-35(61)15-16-36(62)72-60-40(66)44(3,4)38(64)58(42(60)68)20-10-18-54-23-27-56(28-24-54)32-12-6-8-14-34(32)70-30-46(50,51)52/h5-8,11-16H,9-10,17-30H2,1-4H3/b16-15+. The number of ether oxygens (including phenoxy) is 2. The average molecular weight is 1020 g/mol. The second-order valence-electron chi connectivity index (χ2n) is 18.2. The number of piperazine rings is 2. The summed E-state index contributed by atoms with van der Waals surface area (Å²) in [6, 6.07) is 10.2. The van der Waals surface area contributed by atoms with Gasteiger partial charge in [0.05, 0.1) is 11.4 Å². The number of nitrogens with zero attached hydrogens (tertiary/aromatic N) is 8. The summed E-state index contributed by atoms with van der Waals surface area (Å²) in [6.07, 6.45) is -7.69. The quantitative estimate of drug-likeness (QED) is 0.116. The zero-order valence-electron chi connectivity index (χ0n) is 39.8. The van der Waals surface area contributed by atoms with Crippen LogP contribution in [0.25, 0.3) is 0 Å². The summed E-state index contributed by atoms with van der Waals surface area (Å²) in [6.45, 7) is 5.97. The number of imide groups is 4. The van der Waals surface area contributed by atoms with Crippen molar-refractivity contribution in [3.8, 4) is 11.5 Å². The van der Waals surface area contributed by atoms with E-state index >= 15 is 0 Å². The molecule has 6 rings (SSSR count). The number of para-hydroxylation sites is 4. The van der Waals surface area contributed by atoms with E-state index in [0.29, 0.717) is 89.0 Å². The van der Waals surface area contributed by atoms with Crippen LogP contribution in [0.3, 0.4) is 0 Å². The predicted octanol–water partition coefficient (Wildman–Crippen LogP) is 4.40. The van der Waals surface area contributed by atoms with Crippen molar-refractivity contribution in [3.05, 3.63) is 60.7 Å². The average Bonchev–Trinajstić information content (AvgIpc) is 3.33. The van der Waals surface area contributed by atoms with E-state index in [1.165, 1.54) is 39.8 Å². The first-order chi connectivity index (χ1) is 33.8. The smallest absolute Gasteiger partial charge is 0.422 e. The molecule has 8 amide bonds. The molecule has 4 fully saturated rings. The lowest BCUT2D eigenvalue weighted by Gasteiger charge is -2.39. The number of hydrogen-bond acceptors (Lipinski definition) is 16. The van der Waals surface area contributed by atoms with Gasteiger partial charge in [0.2, 0.25) is 11.8 Å². The van der Waals surface area contributed by atoms with Crippen molar-refractivity contribution >= 4 is 59.0 Å². The molecule has 72 heavy (non-hydrogen) atoms. The lowest BCUT2D eigenvalue weighted by Crippen LogP contribution is -2.63. The molecule has 4 heterocycles. The number of amides is 8. The summed E-state index contributed by atoms with van der Waals surface area (Å²) in [4.78, 5) is 125. The van der Waals surface area contributed by atoms with Crippen LogP contribution in [-0.4, -0.2) is 181 Å². The molecule has 4 aliphatic rings. The molecular weight excluding hydrogens is 971 g/mol. The molecule has 4 saturated heterocycles. The van der Waals surface area contributed by atoms with Gasteiger partial charge in [0, 0.05) is 77.6 Å². The Kier molecular flexibility index (Phi) is 16.8. The summed E-state index contributed by atoms with van der Waals surface area (Å²) in [5.41, 5.74) is -2.75. The highest BCUT2D eigenvalue weighted by molar-refractivity contribution is 6.19. The molecule has 0 spiro atoms. The topological polar surface area (TPSA) is 199 Å². The van der Waals surface area contributed by atoms with E-state index in [9.17, 15) is 64.7 Å². The molecule has 26 heteroatoms. The number of rotatable bonds is 18. The van der Waals surface area contributed by atoms with E-state index in [4.69, 9.17) is 19.1 Å². The Hall–Kier alpha value is -6.96. The SMILES string of the molecule is CC1(C)C(=O)N(CCCN2CCN(c3ccccc3OCC(F)(F)F)CC2)C(=O)N(OC(=O)/C=C/C(=O)ON2C(=O)N(CCCN3CCN(c4ccccc4OCC(F)(F)F)CC3)C(=O)C(C)(C)C2=O)C1=O. The molecule has 0 aromatic heterocycles. The summed E-state index contributed by atoms with van der Waals surface area (Å²) >= 11 is 0. The first-order valence-corrected chi connectivity index (χ1v) is 22.8. The highest BCUT2D eigenvalue weighted by Crippen LogP contribution is 2.34. The molecule has 0 radical (unpaired) electrons. The lowest BCUT2D eigenvalue weighted by atomic mass is 9.88. The van der Waals surface area contributed by atoms with Crippen LogP contribution in [0.15, 0.2) is 60.7 Å². The van der Waals surface area contributed by atoms with Gasteiger partial charge in [0.25, 0.3) is 11.8 Å². The molecule has 392 valence electrons. The summed E-state index contributed by atoms with van der Waals surface area (Å²) in [5, 5.41) is 0.161. The normalized spacial score (nSPS) is 19.4. The Bertz CT molecular complexity index is 2250. The van der Waals surface area contributed by atoms with Gasteiger partial charge in [-0.1, -0.05) is 34.4 Å². The minimum Gasteiger partial charge on any atom is -0.482 e. The number of alkyl halides is 6. The van der Waals surface area contributed by atoms with Gasteiger partial charge in [-0.3, -0.25) is 38.8 Å². The Balaban J connectivity index is 0.973. The first kappa shape index (κ1) is 54.4. The predicted molar refractivity (Wildman–Crippen MR) is 239 cm³/mol. The van der Waals surface area contributed by atoms with Crippen molar-refractivity contribution in [2.24, 2.45) is 10.8 Å². The molecule has 0 bridgehead atoms. The van der Waals surface area contributed by atoms with Gasteiger partial charge in [-0.05, 0) is 77.9 Å². The van der Waals surface area contributed by atoms with Gasteiger partial charge in [-0.25, -0.2) is 19.2 Å². The number of hydrogen-bond donors (Lipinski definition) is 0. The Morgan fingerprint density at radius 1 is 0.514 bits per heavy atom. The number of anilines is 2. The van der Waals surface area contributed by atoms with Crippen LogP contribution in [0, 0.1) is 10.8 Å². The largest absolute Gasteiger partial charge is 0.482 e. The summed E-state index contributed by atoms with van der Waals surface area (Å²) in [5.74, 6) is -6.86. The number of hydroxylamine groups is 4. The third-order valence-corrected chi connectivity index (χ3v) is 12.2. The van der Waals surface area contributed by atoms with Crippen molar-refractivity contribution in [3.63, 3.8) is 0 Å². The van der Waals surface area contributed by atoms with Crippen LogP contribution in [0.1, 0.15) is 40.5 Å². The molecule has 20 nitrogen and oxygen atoms in total. The Morgan fingerprint density at radius 3 is 1.18 bits per heavy atom. The highest BCUT2D eigenvalue weighted by Gasteiger charge is 2.55. The van der Waals surface area contributed by atoms with E-state index in [2.05, 4.69) is 0 Å². The highest BCUT2D eigenvalue weighted by atomic mass is 19.4. The van der Waals surface area contributed by atoms with E-state index in [1.807, 2.05) is 19.6 Å².